The van der Waals surface area contributed by atoms with Gasteiger partial charge in [0.25, 0.3) is 0 Å². The molecule has 1 heterocycles. The van der Waals surface area contributed by atoms with Crippen molar-refractivity contribution in [3.05, 3.63) is 29.6 Å². The molecule has 77 valence electrons. The zero-order valence-electron chi connectivity index (χ0n) is 6.37. The molecule has 0 fully saturated rings. The van der Waals surface area contributed by atoms with Crippen LogP contribution in [0.3, 0.4) is 0 Å². The van der Waals surface area contributed by atoms with Gasteiger partial charge in [0.2, 0.25) is 0 Å². The SMILES string of the molecule is FC(F)(F)c1[c]c(C(F)(F)F)cnc1. The van der Waals surface area contributed by atoms with Crippen LogP contribution in [0.2, 0.25) is 0 Å². The van der Waals surface area contributed by atoms with Crippen LogP contribution in [0, 0.1) is 6.07 Å². The van der Waals surface area contributed by atoms with Crippen molar-refractivity contribution in [2.24, 2.45) is 0 Å². The van der Waals surface area contributed by atoms with E-state index >= 15 is 0 Å². The Bertz CT molecular complexity index is 296. The normalized spacial score (nSPS) is 13.0. The second-order valence-corrected chi connectivity index (χ2v) is 2.36. The van der Waals surface area contributed by atoms with Gasteiger partial charge >= 0.3 is 12.4 Å². The van der Waals surface area contributed by atoms with Crippen LogP contribution in [-0.4, -0.2) is 4.98 Å². The number of hydrogen-bond donors (Lipinski definition) is 0. The molecule has 1 aromatic rings. The minimum atomic E-state index is -4.87. The van der Waals surface area contributed by atoms with Gasteiger partial charge in [0.1, 0.15) is 0 Å². The van der Waals surface area contributed by atoms with Gasteiger partial charge in [-0.25, -0.2) is 0 Å². The highest BCUT2D eigenvalue weighted by Gasteiger charge is 2.36. The average molecular weight is 214 g/mol. The topological polar surface area (TPSA) is 12.9 Å². The van der Waals surface area contributed by atoms with E-state index in [1.54, 1.807) is 0 Å². The summed E-state index contributed by atoms with van der Waals surface area (Å²) >= 11 is 0. The molecular formula is C7H2F6N. The molecule has 0 aliphatic rings. The standard InChI is InChI=1S/C7H2F6N/c8-6(9,10)4-1-5(3-14-2-4)7(11,12)13/h2-3H. The number of aromatic nitrogens is 1. The van der Waals surface area contributed by atoms with E-state index in [9.17, 15) is 26.3 Å². The van der Waals surface area contributed by atoms with Crippen molar-refractivity contribution in [2.75, 3.05) is 0 Å². The molecule has 7 heteroatoms. The van der Waals surface area contributed by atoms with Crippen molar-refractivity contribution in [1.82, 2.24) is 4.98 Å². The molecule has 0 aliphatic heterocycles. The molecule has 14 heavy (non-hydrogen) atoms. The molecule has 0 saturated heterocycles. The molecule has 0 N–H and O–H groups in total. The monoisotopic (exact) mass is 214 g/mol. The zero-order valence-corrected chi connectivity index (χ0v) is 6.37. The maximum Gasteiger partial charge on any atom is 0.418 e. The third-order valence-electron chi connectivity index (χ3n) is 1.29. The molecule has 0 aliphatic carbocycles. The zero-order chi connectivity index (χ0) is 11.0. The van der Waals surface area contributed by atoms with Crippen molar-refractivity contribution in [1.29, 1.82) is 0 Å². The van der Waals surface area contributed by atoms with E-state index in [2.05, 4.69) is 4.98 Å². The molecule has 0 saturated carbocycles. The Hall–Kier alpha value is -1.27. The minimum absolute atomic E-state index is 0.287. The van der Waals surface area contributed by atoms with Gasteiger partial charge in [-0.15, -0.1) is 0 Å². The Balaban J connectivity index is 3.15. The van der Waals surface area contributed by atoms with Crippen molar-refractivity contribution in [2.45, 2.75) is 12.4 Å². The van der Waals surface area contributed by atoms with Gasteiger partial charge in [-0.2, -0.15) is 26.3 Å². The summed E-state index contributed by atoms with van der Waals surface area (Å²) in [6, 6.07) is 1.21. The van der Waals surface area contributed by atoms with Crippen LogP contribution in [0.15, 0.2) is 12.4 Å². The lowest BCUT2D eigenvalue weighted by molar-refractivity contribution is -0.143. The molecule has 0 atom stereocenters. The largest absolute Gasteiger partial charge is 0.418 e. The molecule has 0 aromatic carbocycles. The minimum Gasteiger partial charge on any atom is -0.263 e. The fourth-order valence-corrected chi connectivity index (χ4v) is 0.684. The molecule has 1 radical (unpaired) electrons. The number of rotatable bonds is 0. The fourth-order valence-electron chi connectivity index (χ4n) is 0.684. The van der Waals surface area contributed by atoms with Gasteiger partial charge in [-0.1, -0.05) is 0 Å². The highest BCUT2D eigenvalue weighted by atomic mass is 19.4. The summed E-state index contributed by atoms with van der Waals surface area (Å²) in [4.78, 5) is 2.85. The number of pyridine rings is 1. The van der Waals surface area contributed by atoms with E-state index in [4.69, 9.17) is 0 Å². The smallest absolute Gasteiger partial charge is 0.263 e. The van der Waals surface area contributed by atoms with Gasteiger partial charge in [0.15, 0.2) is 0 Å². The summed E-state index contributed by atoms with van der Waals surface area (Å²) in [5, 5.41) is 0. The molecule has 0 spiro atoms. The van der Waals surface area contributed by atoms with Crippen molar-refractivity contribution in [3.8, 4) is 0 Å². The molecule has 1 aromatic heterocycles. The highest BCUT2D eigenvalue weighted by Crippen LogP contribution is 2.33. The van der Waals surface area contributed by atoms with Gasteiger partial charge < -0.3 is 0 Å². The molecule has 0 amide bonds. The van der Waals surface area contributed by atoms with Gasteiger partial charge in [0.05, 0.1) is 11.1 Å². The summed E-state index contributed by atoms with van der Waals surface area (Å²) in [6.07, 6.45) is -9.16. The predicted molar refractivity (Wildman–Crippen MR) is 33.1 cm³/mol. The molecular weight excluding hydrogens is 212 g/mol. The number of nitrogens with zero attached hydrogens (tertiary/aromatic N) is 1. The van der Waals surface area contributed by atoms with E-state index in [1.165, 1.54) is 6.07 Å². The van der Waals surface area contributed by atoms with E-state index in [0.717, 1.165) is 0 Å². The molecule has 0 bridgehead atoms. The van der Waals surface area contributed by atoms with Crippen LogP contribution < -0.4 is 0 Å². The summed E-state index contributed by atoms with van der Waals surface area (Å²) in [7, 11) is 0. The summed E-state index contributed by atoms with van der Waals surface area (Å²) in [6.45, 7) is 0. The van der Waals surface area contributed by atoms with Crippen LogP contribution in [0.5, 0.6) is 0 Å². The lowest BCUT2D eigenvalue weighted by Crippen LogP contribution is -2.11. The van der Waals surface area contributed by atoms with Gasteiger partial charge in [-0.05, 0) is 0 Å². The Morgan fingerprint density at radius 3 is 1.50 bits per heavy atom. The number of alkyl halides is 6. The molecule has 1 rings (SSSR count). The van der Waals surface area contributed by atoms with Crippen molar-refractivity contribution in [3.63, 3.8) is 0 Å². The van der Waals surface area contributed by atoms with Crippen molar-refractivity contribution < 1.29 is 26.3 Å². The third-order valence-corrected chi connectivity index (χ3v) is 1.29. The van der Waals surface area contributed by atoms with E-state index in [-0.39, 0.29) is 12.4 Å². The summed E-state index contributed by atoms with van der Waals surface area (Å²) in [5.74, 6) is 0. The molecule has 0 unspecified atom stereocenters. The predicted octanol–water partition coefficient (Wildman–Crippen LogP) is 2.92. The molecule has 1 nitrogen and oxygen atoms in total. The van der Waals surface area contributed by atoms with Crippen molar-refractivity contribution >= 4 is 0 Å². The summed E-state index contributed by atoms with van der Waals surface area (Å²) in [5.41, 5.74) is -3.07. The first-order valence-electron chi connectivity index (χ1n) is 3.23. The van der Waals surface area contributed by atoms with Crippen LogP contribution in [0.25, 0.3) is 0 Å². The Morgan fingerprint density at radius 1 is 0.857 bits per heavy atom. The highest BCUT2D eigenvalue weighted by molar-refractivity contribution is 5.20. The second kappa shape index (κ2) is 3.14. The number of halogens is 6. The Kier molecular flexibility index (Phi) is 2.43. The van der Waals surface area contributed by atoms with Crippen LogP contribution in [0.4, 0.5) is 26.3 Å². The van der Waals surface area contributed by atoms with Crippen LogP contribution in [-0.2, 0) is 12.4 Å². The van der Waals surface area contributed by atoms with Gasteiger partial charge in [0, 0.05) is 18.5 Å². The summed E-state index contributed by atoms with van der Waals surface area (Å²) < 4.78 is 71.5. The Labute approximate surface area is 74.4 Å². The van der Waals surface area contributed by atoms with Crippen LogP contribution >= 0.6 is 0 Å². The van der Waals surface area contributed by atoms with E-state index in [1.807, 2.05) is 0 Å². The Morgan fingerprint density at radius 2 is 1.21 bits per heavy atom. The van der Waals surface area contributed by atoms with E-state index in [0.29, 0.717) is 0 Å². The second-order valence-electron chi connectivity index (χ2n) is 2.36. The first kappa shape index (κ1) is 10.8. The third kappa shape index (κ3) is 2.36. The lowest BCUT2D eigenvalue weighted by atomic mass is 10.2. The number of hydrogen-bond acceptors (Lipinski definition) is 1. The van der Waals surface area contributed by atoms with Gasteiger partial charge in [-0.3, -0.25) is 4.98 Å². The quantitative estimate of drug-likeness (QED) is 0.605. The first-order valence-corrected chi connectivity index (χ1v) is 3.23. The fraction of sp³-hybridized carbons (Fsp3) is 0.286. The maximum atomic E-state index is 11.9. The average Bonchev–Trinajstić information content (AvgIpc) is 2.01. The first-order chi connectivity index (χ1) is 6.21. The van der Waals surface area contributed by atoms with Crippen LogP contribution in [0.1, 0.15) is 11.1 Å². The van der Waals surface area contributed by atoms with E-state index < -0.39 is 23.5 Å². The maximum absolute atomic E-state index is 11.9. The lowest BCUT2D eigenvalue weighted by Gasteiger charge is -2.09.